The van der Waals surface area contributed by atoms with Crippen LogP contribution in [0.1, 0.15) is 38.4 Å². The molecule has 0 N–H and O–H groups in total. The molecule has 1 aromatic rings. The number of hydrogen-bond acceptors (Lipinski definition) is 3. The van der Waals surface area contributed by atoms with Crippen LogP contribution in [0.5, 0.6) is 0 Å². The maximum Gasteiger partial charge on any atom is 0.138 e. The summed E-state index contributed by atoms with van der Waals surface area (Å²) in [6.45, 7) is 2.21. The Hall–Kier alpha value is -1.19. The molecule has 4 heteroatoms. The van der Waals surface area contributed by atoms with Gasteiger partial charge in [0, 0.05) is 25.8 Å². The van der Waals surface area contributed by atoms with E-state index in [-0.39, 0.29) is 5.92 Å². The predicted molar refractivity (Wildman–Crippen MR) is 60.8 cm³/mol. The van der Waals surface area contributed by atoms with Crippen molar-refractivity contribution in [3.05, 3.63) is 12.2 Å². The average Bonchev–Trinajstić information content (AvgIpc) is 2.68. The zero-order chi connectivity index (χ0) is 11.5. The van der Waals surface area contributed by atoms with Crippen LogP contribution >= 0.6 is 0 Å². The van der Waals surface area contributed by atoms with Gasteiger partial charge in [-0.25, -0.2) is 4.98 Å². The molecule has 1 aliphatic carbocycles. The maximum atomic E-state index is 11.8. The highest BCUT2D eigenvalue weighted by atomic mass is 16.1. The molecule has 0 saturated heterocycles. The smallest absolute Gasteiger partial charge is 0.138 e. The lowest BCUT2D eigenvalue weighted by Crippen LogP contribution is -2.27. The fourth-order valence-electron chi connectivity index (χ4n) is 2.50. The van der Waals surface area contributed by atoms with E-state index < -0.39 is 0 Å². The molecule has 4 nitrogen and oxygen atoms in total. The molecule has 2 atom stereocenters. The van der Waals surface area contributed by atoms with Crippen molar-refractivity contribution in [1.29, 1.82) is 0 Å². The van der Waals surface area contributed by atoms with Gasteiger partial charge in [0.25, 0.3) is 0 Å². The lowest BCUT2D eigenvalue weighted by atomic mass is 9.78. The Morgan fingerprint density at radius 3 is 3.00 bits per heavy atom. The van der Waals surface area contributed by atoms with E-state index in [1.807, 2.05) is 7.05 Å². The molecular formula is C12H19N3O. The fraction of sp³-hybridized carbons (Fsp3) is 0.750. The normalized spacial score (nSPS) is 26.0. The number of Topliss-reactive ketones (excluding diaryl/α,β-unsaturated/α-hetero) is 1. The van der Waals surface area contributed by atoms with Gasteiger partial charge < -0.3 is 0 Å². The van der Waals surface area contributed by atoms with E-state index in [1.54, 1.807) is 11.0 Å². The SMILES string of the molecule is CCC1CCC(=O)C(Cc2ncnn2C)C1. The molecule has 2 rings (SSSR count). The zero-order valence-corrected chi connectivity index (χ0v) is 10.0. The Morgan fingerprint density at radius 2 is 2.38 bits per heavy atom. The van der Waals surface area contributed by atoms with Crippen molar-refractivity contribution in [1.82, 2.24) is 14.8 Å². The second-order valence-electron chi connectivity index (χ2n) is 4.72. The van der Waals surface area contributed by atoms with Crippen LogP contribution in [-0.2, 0) is 18.3 Å². The number of carbonyl (C=O) groups is 1. The van der Waals surface area contributed by atoms with E-state index in [9.17, 15) is 4.79 Å². The summed E-state index contributed by atoms with van der Waals surface area (Å²) in [7, 11) is 1.88. The van der Waals surface area contributed by atoms with Gasteiger partial charge in [0.15, 0.2) is 0 Å². The predicted octanol–water partition coefficient (Wildman–Crippen LogP) is 1.75. The molecule has 0 bridgehead atoms. The van der Waals surface area contributed by atoms with Crippen LogP contribution in [0, 0.1) is 11.8 Å². The average molecular weight is 221 g/mol. The molecular weight excluding hydrogens is 202 g/mol. The van der Waals surface area contributed by atoms with Crippen LogP contribution in [0.2, 0.25) is 0 Å². The second kappa shape index (κ2) is 4.76. The van der Waals surface area contributed by atoms with Gasteiger partial charge in [-0.3, -0.25) is 9.48 Å². The molecule has 2 unspecified atom stereocenters. The summed E-state index contributed by atoms with van der Waals surface area (Å²) in [6.07, 6.45) is 6.35. The third-order valence-corrected chi connectivity index (χ3v) is 3.68. The molecule has 1 aromatic heterocycles. The Morgan fingerprint density at radius 1 is 1.56 bits per heavy atom. The highest BCUT2D eigenvalue weighted by molar-refractivity contribution is 5.81. The number of aromatic nitrogens is 3. The summed E-state index contributed by atoms with van der Waals surface area (Å²) < 4.78 is 1.77. The standard InChI is InChI=1S/C12H19N3O/c1-3-9-4-5-11(16)10(6-9)7-12-13-8-14-15(12)2/h8-10H,3-7H2,1-2H3. The van der Waals surface area contributed by atoms with Crippen molar-refractivity contribution in [2.24, 2.45) is 18.9 Å². The minimum absolute atomic E-state index is 0.168. The van der Waals surface area contributed by atoms with Gasteiger partial charge in [0.2, 0.25) is 0 Å². The van der Waals surface area contributed by atoms with Crippen LogP contribution in [0.15, 0.2) is 6.33 Å². The van der Waals surface area contributed by atoms with Crippen molar-refractivity contribution in [2.45, 2.75) is 39.0 Å². The lowest BCUT2D eigenvalue weighted by Gasteiger charge is -2.26. The first-order valence-corrected chi connectivity index (χ1v) is 6.06. The first kappa shape index (κ1) is 11.3. The first-order chi connectivity index (χ1) is 7.70. The molecule has 0 aliphatic heterocycles. The summed E-state index contributed by atoms with van der Waals surface area (Å²) in [5.74, 6) is 2.22. The minimum atomic E-state index is 0.168. The van der Waals surface area contributed by atoms with Gasteiger partial charge in [-0.1, -0.05) is 13.3 Å². The number of hydrogen-bond donors (Lipinski definition) is 0. The summed E-state index contributed by atoms with van der Waals surface area (Å²) in [5, 5.41) is 4.04. The van der Waals surface area contributed by atoms with Crippen molar-refractivity contribution in [3.63, 3.8) is 0 Å². The van der Waals surface area contributed by atoms with Crippen LogP contribution in [0.25, 0.3) is 0 Å². The van der Waals surface area contributed by atoms with E-state index in [1.165, 1.54) is 6.42 Å². The molecule has 1 saturated carbocycles. The molecule has 1 fully saturated rings. The molecule has 0 aromatic carbocycles. The topological polar surface area (TPSA) is 47.8 Å². The van der Waals surface area contributed by atoms with Crippen LogP contribution < -0.4 is 0 Å². The van der Waals surface area contributed by atoms with Gasteiger partial charge in [-0.05, 0) is 18.8 Å². The van der Waals surface area contributed by atoms with E-state index in [0.29, 0.717) is 5.78 Å². The second-order valence-corrected chi connectivity index (χ2v) is 4.72. The Balaban J connectivity index is 2.02. The third-order valence-electron chi connectivity index (χ3n) is 3.68. The van der Waals surface area contributed by atoms with Crippen molar-refractivity contribution >= 4 is 5.78 Å². The van der Waals surface area contributed by atoms with Crippen LogP contribution in [0.3, 0.4) is 0 Å². The first-order valence-electron chi connectivity index (χ1n) is 6.06. The van der Waals surface area contributed by atoms with Gasteiger partial charge in [0.05, 0.1) is 0 Å². The molecule has 1 aliphatic rings. The summed E-state index contributed by atoms with van der Waals surface area (Å²) in [4.78, 5) is 16.0. The van der Waals surface area contributed by atoms with E-state index in [4.69, 9.17) is 0 Å². The Labute approximate surface area is 96.1 Å². The summed E-state index contributed by atoms with van der Waals surface area (Å²) in [5.41, 5.74) is 0. The van der Waals surface area contributed by atoms with Crippen LogP contribution in [-0.4, -0.2) is 20.5 Å². The number of nitrogens with zero attached hydrogens (tertiary/aromatic N) is 3. The van der Waals surface area contributed by atoms with Crippen molar-refractivity contribution in [3.8, 4) is 0 Å². The number of rotatable bonds is 3. The van der Waals surface area contributed by atoms with Crippen LogP contribution in [0.4, 0.5) is 0 Å². The molecule has 0 radical (unpaired) electrons. The van der Waals surface area contributed by atoms with Gasteiger partial charge in [0.1, 0.15) is 17.9 Å². The minimum Gasteiger partial charge on any atom is -0.299 e. The lowest BCUT2D eigenvalue weighted by molar-refractivity contribution is -0.125. The van der Waals surface area contributed by atoms with E-state index in [2.05, 4.69) is 17.0 Å². The molecule has 0 amide bonds. The quantitative estimate of drug-likeness (QED) is 0.781. The largest absolute Gasteiger partial charge is 0.299 e. The summed E-state index contributed by atoms with van der Waals surface area (Å²) in [6, 6.07) is 0. The number of carbonyl (C=O) groups excluding carboxylic acids is 1. The fourth-order valence-corrected chi connectivity index (χ4v) is 2.50. The van der Waals surface area contributed by atoms with Gasteiger partial charge in [-0.2, -0.15) is 5.10 Å². The highest BCUT2D eigenvalue weighted by Crippen LogP contribution is 2.30. The van der Waals surface area contributed by atoms with E-state index >= 15 is 0 Å². The van der Waals surface area contributed by atoms with Gasteiger partial charge in [-0.15, -0.1) is 0 Å². The molecule has 0 spiro atoms. The van der Waals surface area contributed by atoms with Crippen molar-refractivity contribution in [2.75, 3.05) is 0 Å². The highest BCUT2D eigenvalue weighted by Gasteiger charge is 2.28. The zero-order valence-electron chi connectivity index (χ0n) is 10.0. The monoisotopic (exact) mass is 221 g/mol. The van der Waals surface area contributed by atoms with E-state index in [0.717, 1.165) is 37.4 Å². The number of ketones is 1. The van der Waals surface area contributed by atoms with Crippen molar-refractivity contribution < 1.29 is 4.79 Å². The molecule has 16 heavy (non-hydrogen) atoms. The Kier molecular flexibility index (Phi) is 3.36. The number of aryl methyl sites for hydroxylation is 1. The van der Waals surface area contributed by atoms with Gasteiger partial charge >= 0.3 is 0 Å². The molecule has 88 valence electrons. The Bertz CT molecular complexity index is 372. The third kappa shape index (κ3) is 2.31. The molecule has 1 heterocycles. The maximum absolute atomic E-state index is 11.8. The summed E-state index contributed by atoms with van der Waals surface area (Å²) >= 11 is 0.